The summed E-state index contributed by atoms with van der Waals surface area (Å²) in [5.74, 6) is -19.2. The Morgan fingerprint density at radius 3 is 1.33 bits per heavy atom. The number of hydrogen-bond donors (Lipinski definition) is 13. The van der Waals surface area contributed by atoms with Gasteiger partial charge in [0, 0.05) is 57.2 Å². The van der Waals surface area contributed by atoms with E-state index >= 15 is 0 Å². The fraction of sp³-hybridized carbons (Fsp3) is 0.422. The number of benzene rings is 2. The molecule has 2 amide bonds. The van der Waals surface area contributed by atoms with E-state index in [1.165, 1.54) is 31.1 Å². The van der Waals surface area contributed by atoms with Crippen LogP contribution in [0, 0.1) is 60.9 Å². The van der Waals surface area contributed by atoms with Gasteiger partial charge in [0.25, 0.3) is 16.9 Å². The predicted octanol–water partition coefficient (Wildman–Crippen LogP) is 0.431. The molecule has 0 aromatic heterocycles. The third-order valence-corrected chi connectivity index (χ3v) is 14.2. The Bertz CT molecular complexity index is 2670. The van der Waals surface area contributed by atoms with Crippen molar-refractivity contribution in [2.45, 2.75) is 69.0 Å². The molecule has 2 aromatic carbocycles. The summed E-state index contributed by atoms with van der Waals surface area (Å²) in [5.41, 5.74) is 3.08. The summed E-state index contributed by atoms with van der Waals surface area (Å²) in [6.07, 6.45) is -3.14. The SMILES string of the molecule is CC(C)C1C(=O)C(C(N)=O)=C(O)C2(O)C(=O)C3=C(O)c4c(O)cccc4C(C)C3C(O)C12.CC1c2cccc(O)c2C(O)=C2C(=O)C3(O)C(O)=C(C(N)=O)C(=O)C(N(C)C)C3C(O)C21.O=[N+]([O-])O.O=[N+]([O-])[O-].[Ag].[Cl][Ag]. The number of carbonyl (C=O) groups excluding carboxylic acids is 6. The van der Waals surface area contributed by atoms with Crippen LogP contribution in [0.15, 0.2) is 70.2 Å². The first-order chi connectivity index (χ1) is 34.2. The Hall–Kier alpha value is -6.21. The second-order valence-corrected chi connectivity index (χ2v) is 18.4. The van der Waals surface area contributed by atoms with Crippen LogP contribution >= 0.6 is 9.19 Å². The molecule has 417 valence electrons. The number of phenolic OH excluding ortho intramolecular Hbond substituents is 2. The number of hydrogen-bond acceptors (Lipinski definition) is 22. The van der Waals surface area contributed by atoms with Gasteiger partial charge in [-0.25, -0.2) is 0 Å². The van der Waals surface area contributed by atoms with E-state index < -0.39 is 162 Å². The quantitative estimate of drug-likeness (QED) is 0.0854. The number of aliphatic hydroxyl groups is 8. The average Bonchev–Trinajstić information content (AvgIpc) is 3.29. The molecular formula is C45H50Ag2ClN5O22-. The Kier molecular flexibility index (Phi) is 19.6. The van der Waals surface area contributed by atoms with Crippen LogP contribution in [0.25, 0.3) is 11.5 Å². The van der Waals surface area contributed by atoms with Gasteiger partial charge >= 0.3 is 29.2 Å². The third-order valence-electron chi connectivity index (χ3n) is 14.2. The molecule has 2 fully saturated rings. The van der Waals surface area contributed by atoms with E-state index in [1.54, 1.807) is 52.0 Å². The van der Waals surface area contributed by atoms with Gasteiger partial charge in [-0.05, 0) is 55.1 Å². The first-order valence-corrected chi connectivity index (χ1v) is 23.5. The van der Waals surface area contributed by atoms with Crippen molar-refractivity contribution in [3.63, 3.8) is 0 Å². The molecule has 0 aliphatic heterocycles. The molecule has 12 atom stereocenters. The molecule has 0 spiro atoms. The van der Waals surface area contributed by atoms with E-state index in [1.807, 2.05) is 0 Å². The second-order valence-electron chi connectivity index (χ2n) is 18.4. The molecule has 6 aliphatic rings. The maximum atomic E-state index is 13.7. The summed E-state index contributed by atoms with van der Waals surface area (Å²) < 4.78 is 0. The molecule has 15 N–H and O–H groups in total. The molecule has 2 saturated carbocycles. The van der Waals surface area contributed by atoms with Crippen molar-refractivity contribution in [2.75, 3.05) is 14.1 Å². The number of halogens is 1. The van der Waals surface area contributed by atoms with Crippen LogP contribution in [0.4, 0.5) is 0 Å². The van der Waals surface area contributed by atoms with Crippen molar-refractivity contribution >= 4 is 55.7 Å². The summed E-state index contributed by atoms with van der Waals surface area (Å²) in [6, 6.07) is 7.65. The van der Waals surface area contributed by atoms with Gasteiger partial charge in [0.2, 0.25) is 11.6 Å². The average molecular weight is 1260 g/mol. The van der Waals surface area contributed by atoms with E-state index in [0.29, 0.717) is 11.1 Å². The van der Waals surface area contributed by atoms with E-state index in [9.17, 15) is 79.8 Å². The van der Waals surface area contributed by atoms with E-state index in [0.717, 1.165) is 0 Å². The Morgan fingerprint density at radius 1 is 0.693 bits per heavy atom. The predicted molar refractivity (Wildman–Crippen MR) is 247 cm³/mol. The van der Waals surface area contributed by atoms with Gasteiger partial charge in [-0.15, -0.1) is 10.1 Å². The van der Waals surface area contributed by atoms with Crippen molar-refractivity contribution in [1.29, 1.82) is 0 Å². The van der Waals surface area contributed by atoms with Crippen LogP contribution in [-0.4, -0.2) is 150 Å². The number of nitrogens with two attached hydrogens (primary N) is 2. The summed E-state index contributed by atoms with van der Waals surface area (Å²) in [6.45, 7) is 6.62. The van der Waals surface area contributed by atoms with E-state index in [2.05, 4.69) is 29.2 Å². The van der Waals surface area contributed by atoms with Gasteiger partial charge in [-0.2, -0.15) is 0 Å². The van der Waals surface area contributed by atoms with Crippen molar-refractivity contribution in [2.24, 2.45) is 47.0 Å². The minimum atomic E-state index is -2.89. The molecule has 8 rings (SSSR count). The summed E-state index contributed by atoms with van der Waals surface area (Å²) in [5, 5.41) is 138. The Balaban J connectivity index is 0.000000332. The zero-order valence-corrected chi connectivity index (χ0v) is 43.4. The van der Waals surface area contributed by atoms with Crippen LogP contribution in [-0.2, 0) is 71.1 Å². The van der Waals surface area contributed by atoms with Crippen LogP contribution in [0.1, 0.15) is 61.8 Å². The monoisotopic (exact) mass is 1260 g/mol. The second kappa shape index (κ2) is 23.4. The first kappa shape index (κ1) is 63.1. The molecular weight excluding hydrogens is 1210 g/mol. The normalized spacial score (nSPS) is 30.1. The first-order valence-electron chi connectivity index (χ1n) is 21.6. The number of rotatable bonds is 4. The van der Waals surface area contributed by atoms with Gasteiger partial charge in [-0.1, -0.05) is 52.0 Å². The number of carbonyl (C=O) groups is 6. The number of fused-ring (bicyclic) bond motifs is 6. The maximum absolute atomic E-state index is 13.7. The number of phenols is 2. The number of likely N-dealkylation sites (N-methyl/N-ethyl adjacent to an activating group) is 1. The van der Waals surface area contributed by atoms with Crippen LogP contribution in [0.2, 0.25) is 0 Å². The minimum absolute atomic E-state index is 0. The molecule has 0 saturated heterocycles. The molecule has 0 bridgehead atoms. The van der Waals surface area contributed by atoms with Gasteiger partial charge in [0.1, 0.15) is 45.7 Å². The molecule has 2 aromatic rings. The summed E-state index contributed by atoms with van der Waals surface area (Å²) in [4.78, 5) is 95.3. The molecule has 30 heteroatoms. The van der Waals surface area contributed by atoms with Crippen molar-refractivity contribution in [3.05, 3.63) is 118 Å². The molecule has 12 unspecified atom stereocenters. The van der Waals surface area contributed by atoms with Crippen LogP contribution < -0.4 is 11.5 Å². The molecule has 27 nitrogen and oxygen atoms in total. The number of primary amides is 2. The fourth-order valence-electron chi connectivity index (χ4n) is 11.4. The number of aromatic hydroxyl groups is 2. The van der Waals surface area contributed by atoms with Crippen LogP contribution in [0.5, 0.6) is 11.5 Å². The molecule has 6 aliphatic carbocycles. The topological polar surface area (TPSA) is 490 Å². The molecule has 0 heterocycles. The fourth-order valence-corrected chi connectivity index (χ4v) is 11.4. The number of amides is 2. The van der Waals surface area contributed by atoms with Gasteiger partial charge in [0.05, 0.1) is 40.4 Å². The number of nitrogens with zero attached hydrogens (tertiary/aromatic N) is 3. The Morgan fingerprint density at radius 2 is 1.01 bits per heavy atom. The standard InChI is InChI=1S/C23H25NO8.C22H24N2O8.2Ag.ClH.HNO3.NO3/c1-7(2)11-16-19(28)12-8(3)9-5-4-6-10(25)13(9)18(27)14(12)20(29)23(16,32)21(30)15(17(11)26)22(24)31;1-7-8-5-4-6-9(25)11(8)16(26)12-10(7)17(27)14-15(24(2)3)18(28)13(21(23)31)20(30)22(14,32)19(12)29;;;;2*2-1(3)4/h4-8,11-12,16,19,25,27-28,30,32H,1-3H3,(H2,24,31);4-7,10,14-15,17,25-27,30,32H,1-3H3,(H2,23,31);;;1H;(H,2,3,4);/q;;;+1;;;-1/p-1. The third kappa shape index (κ3) is 10.2. The zero-order chi connectivity index (χ0) is 56.9. The van der Waals surface area contributed by atoms with Gasteiger partial charge in [-0.3, -0.25) is 33.7 Å². The van der Waals surface area contributed by atoms with Crippen molar-refractivity contribution < 1.29 is 138 Å². The van der Waals surface area contributed by atoms with Gasteiger partial charge in [0.15, 0.2) is 22.8 Å². The van der Waals surface area contributed by atoms with E-state index in [4.69, 9.17) is 42.1 Å². The Labute approximate surface area is 455 Å². The van der Waals surface area contributed by atoms with E-state index in [-0.39, 0.29) is 50.6 Å². The number of Topliss-reactive ketones (excluding diaryl/α,β-unsaturated/α-hetero) is 4. The zero-order valence-electron chi connectivity index (χ0n) is 39.7. The van der Waals surface area contributed by atoms with Crippen molar-refractivity contribution in [1.82, 2.24) is 4.90 Å². The van der Waals surface area contributed by atoms with Gasteiger partial charge < -0.3 is 83.1 Å². The summed E-state index contributed by atoms with van der Waals surface area (Å²) >= 11 is 2.42. The van der Waals surface area contributed by atoms with Crippen molar-refractivity contribution in [3.8, 4) is 11.5 Å². The molecule has 75 heavy (non-hydrogen) atoms. The van der Waals surface area contributed by atoms with Crippen LogP contribution in [0.3, 0.4) is 0 Å². The summed E-state index contributed by atoms with van der Waals surface area (Å²) in [7, 11) is 7.37. The number of ketones is 4. The number of aliphatic hydroxyl groups excluding tert-OH is 6. The molecule has 1 radical (unpaired) electrons.